The monoisotopic (exact) mass is 247 g/mol. The van der Waals surface area contributed by atoms with Gasteiger partial charge in [0.1, 0.15) is 5.82 Å². The van der Waals surface area contributed by atoms with Crippen LogP contribution in [0.1, 0.15) is 5.56 Å². The van der Waals surface area contributed by atoms with Crippen LogP contribution in [0.15, 0.2) is 48.9 Å². The Hall–Kier alpha value is -1.61. The van der Waals surface area contributed by atoms with E-state index in [0.717, 1.165) is 12.2 Å². The third-order valence-corrected chi connectivity index (χ3v) is 2.80. The van der Waals surface area contributed by atoms with Crippen molar-refractivity contribution < 1.29 is 0 Å². The van der Waals surface area contributed by atoms with E-state index in [1.165, 1.54) is 5.56 Å². The highest BCUT2D eigenvalue weighted by atomic mass is 35.5. The van der Waals surface area contributed by atoms with Gasteiger partial charge < -0.3 is 5.32 Å². The number of aromatic nitrogens is 2. The summed E-state index contributed by atoms with van der Waals surface area (Å²) in [6, 6.07) is 10.4. The van der Waals surface area contributed by atoms with Crippen molar-refractivity contribution in [2.45, 2.75) is 12.5 Å². The van der Waals surface area contributed by atoms with Crippen molar-refractivity contribution in [2.75, 3.05) is 11.2 Å². The first-order chi connectivity index (χ1) is 8.38. The Balaban J connectivity index is 1.98. The molecule has 1 N–H and O–H groups in total. The summed E-state index contributed by atoms with van der Waals surface area (Å²) in [7, 11) is 0. The van der Waals surface area contributed by atoms with E-state index in [9.17, 15) is 0 Å². The lowest BCUT2D eigenvalue weighted by atomic mass is 10.1. The lowest BCUT2D eigenvalue weighted by Crippen LogP contribution is -2.24. The van der Waals surface area contributed by atoms with E-state index < -0.39 is 0 Å². The number of rotatable bonds is 5. The SMILES string of the molecule is ClCC(Cc1ccccc1)Nc1cnccn1. The van der Waals surface area contributed by atoms with Crippen molar-refractivity contribution in [3.05, 3.63) is 54.5 Å². The predicted molar refractivity (Wildman–Crippen MR) is 70.3 cm³/mol. The second-order valence-corrected chi connectivity index (χ2v) is 4.08. The molecule has 0 aliphatic carbocycles. The molecule has 0 aliphatic heterocycles. The van der Waals surface area contributed by atoms with Crippen LogP contribution in [-0.2, 0) is 6.42 Å². The highest BCUT2D eigenvalue weighted by molar-refractivity contribution is 6.18. The molecule has 0 amide bonds. The summed E-state index contributed by atoms with van der Waals surface area (Å²) in [5.74, 6) is 1.29. The van der Waals surface area contributed by atoms with Crippen molar-refractivity contribution in [3.63, 3.8) is 0 Å². The average Bonchev–Trinajstić information content (AvgIpc) is 2.40. The fourth-order valence-corrected chi connectivity index (χ4v) is 1.81. The van der Waals surface area contributed by atoms with Crippen LogP contribution in [0.2, 0.25) is 0 Å². The van der Waals surface area contributed by atoms with E-state index in [-0.39, 0.29) is 6.04 Å². The normalized spacial score (nSPS) is 12.1. The summed E-state index contributed by atoms with van der Waals surface area (Å²) >= 11 is 5.96. The van der Waals surface area contributed by atoms with Gasteiger partial charge in [-0.2, -0.15) is 0 Å². The van der Waals surface area contributed by atoms with Crippen LogP contribution in [0.5, 0.6) is 0 Å². The zero-order valence-corrected chi connectivity index (χ0v) is 10.1. The van der Waals surface area contributed by atoms with Crippen molar-refractivity contribution in [1.29, 1.82) is 0 Å². The van der Waals surface area contributed by atoms with E-state index in [1.807, 2.05) is 18.2 Å². The van der Waals surface area contributed by atoms with Gasteiger partial charge in [0, 0.05) is 24.3 Å². The summed E-state index contributed by atoms with van der Waals surface area (Å²) in [5.41, 5.74) is 1.26. The number of nitrogens with one attached hydrogen (secondary N) is 1. The maximum absolute atomic E-state index is 5.96. The molecule has 1 atom stereocenters. The molecule has 0 radical (unpaired) electrons. The molecule has 0 spiro atoms. The van der Waals surface area contributed by atoms with Gasteiger partial charge in [-0.25, -0.2) is 4.98 Å². The molecule has 88 valence electrons. The molecule has 1 unspecified atom stereocenters. The van der Waals surface area contributed by atoms with Gasteiger partial charge >= 0.3 is 0 Å². The van der Waals surface area contributed by atoms with Crippen LogP contribution in [0, 0.1) is 0 Å². The van der Waals surface area contributed by atoms with Crippen LogP contribution in [0.25, 0.3) is 0 Å². The molecule has 0 fully saturated rings. The Morgan fingerprint density at radius 3 is 2.65 bits per heavy atom. The van der Waals surface area contributed by atoms with Crippen LogP contribution in [-0.4, -0.2) is 21.9 Å². The molecule has 0 saturated heterocycles. The molecule has 1 aromatic carbocycles. The van der Waals surface area contributed by atoms with Crippen molar-refractivity contribution >= 4 is 17.4 Å². The molecule has 17 heavy (non-hydrogen) atoms. The van der Waals surface area contributed by atoms with Gasteiger partial charge in [0.2, 0.25) is 0 Å². The van der Waals surface area contributed by atoms with Crippen LogP contribution in [0.3, 0.4) is 0 Å². The van der Waals surface area contributed by atoms with E-state index in [2.05, 4.69) is 27.4 Å². The lowest BCUT2D eigenvalue weighted by molar-refractivity contribution is 0.790. The van der Waals surface area contributed by atoms with Gasteiger partial charge in [0.25, 0.3) is 0 Å². The number of alkyl halides is 1. The van der Waals surface area contributed by atoms with Crippen molar-refractivity contribution in [1.82, 2.24) is 9.97 Å². The average molecular weight is 248 g/mol. The molecule has 4 heteroatoms. The summed E-state index contributed by atoms with van der Waals surface area (Å²) in [5, 5.41) is 3.27. The van der Waals surface area contributed by atoms with Crippen molar-refractivity contribution in [3.8, 4) is 0 Å². The van der Waals surface area contributed by atoms with Gasteiger partial charge in [-0.15, -0.1) is 11.6 Å². The summed E-state index contributed by atoms with van der Waals surface area (Å²) < 4.78 is 0. The number of halogens is 1. The second-order valence-electron chi connectivity index (χ2n) is 3.78. The van der Waals surface area contributed by atoms with Gasteiger partial charge in [-0.3, -0.25) is 4.98 Å². The largest absolute Gasteiger partial charge is 0.365 e. The Morgan fingerprint density at radius 1 is 1.18 bits per heavy atom. The van der Waals surface area contributed by atoms with E-state index in [1.54, 1.807) is 18.6 Å². The van der Waals surface area contributed by atoms with Crippen LogP contribution >= 0.6 is 11.6 Å². The van der Waals surface area contributed by atoms with E-state index >= 15 is 0 Å². The molecule has 3 nitrogen and oxygen atoms in total. The van der Waals surface area contributed by atoms with Gasteiger partial charge in [0.15, 0.2) is 0 Å². The fourth-order valence-electron chi connectivity index (χ4n) is 1.63. The first kappa shape index (κ1) is 11.9. The Kier molecular flexibility index (Phi) is 4.33. The predicted octanol–water partition coefficient (Wildman–Crippen LogP) is 2.74. The molecule has 0 aliphatic rings. The minimum absolute atomic E-state index is 0.163. The number of hydrogen-bond donors (Lipinski definition) is 1. The molecule has 1 heterocycles. The first-order valence-electron chi connectivity index (χ1n) is 5.51. The third kappa shape index (κ3) is 3.71. The molecule has 0 saturated carbocycles. The smallest absolute Gasteiger partial charge is 0.144 e. The highest BCUT2D eigenvalue weighted by Crippen LogP contribution is 2.09. The summed E-state index contributed by atoms with van der Waals surface area (Å²) in [6.45, 7) is 0. The lowest BCUT2D eigenvalue weighted by Gasteiger charge is -2.16. The van der Waals surface area contributed by atoms with Gasteiger partial charge in [-0.1, -0.05) is 30.3 Å². The number of hydrogen-bond acceptors (Lipinski definition) is 3. The second kappa shape index (κ2) is 6.21. The molecule has 1 aromatic heterocycles. The molecule has 2 rings (SSSR count). The third-order valence-electron chi connectivity index (χ3n) is 2.43. The zero-order chi connectivity index (χ0) is 11.9. The fraction of sp³-hybridized carbons (Fsp3) is 0.231. The highest BCUT2D eigenvalue weighted by Gasteiger charge is 2.08. The molecule has 0 bridgehead atoms. The van der Waals surface area contributed by atoms with Crippen LogP contribution in [0.4, 0.5) is 5.82 Å². The quantitative estimate of drug-likeness (QED) is 0.826. The summed E-state index contributed by atoms with van der Waals surface area (Å²) in [6.07, 6.45) is 5.89. The minimum atomic E-state index is 0.163. The molecular formula is C13H14ClN3. The van der Waals surface area contributed by atoms with Crippen molar-refractivity contribution in [2.24, 2.45) is 0 Å². The Labute approximate surface area is 106 Å². The maximum Gasteiger partial charge on any atom is 0.144 e. The van der Waals surface area contributed by atoms with E-state index in [4.69, 9.17) is 11.6 Å². The summed E-state index contributed by atoms with van der Waals surface area (Å²) in [4.78, 5) is 8.19. The minimum Gasteiger partial charge on any atom is -0.365 e. The van der Waals surface area contributed by atoms with Gasteiger partial charge in [-0.05, 0) is 12.0 Å². The standard InChI is InChI=1S/C13H14ClN3/c14-9-12(8-11-4-2-1-3-5-11)17-13-10-15-6-7-16-13/h1-7,10,12H,8-9H2,(H,16,17). The maximum atomic E-state index is 5.96. The first-order valence-corrected chi connectivity index (χ1v) is 6.04. The number of nitrogens with zero attached hydrogens (tertiary/aromatic N) is 2. The topological polar surface area (TPSA) is 37.8 Å². The number of benzene rings is 1. The number of anilines is 1. The molecule has 2 aromatic rings. The molecular weight excluding hydrogens is 234 g/mol. The van der Waals surface area contributed by atoms with Crippen LogP contribution < -0.4 is 5.32 Å². The van der Waals surface area contributed by atoms with E-state index in [0.29, 0.717) is 5.88 Å². The Morgan fingerprint density at radius 2 is 2.00 bits per heavy atom. The zero-order valence-electron chi connectivity index (χ0n) is 9.38. The van der Waals surface area contributed by atoms with Gasteiger partial charge in [0.05, 0.1) is 6.20 Å². The Bertz CT molecular complexity index is 391.